The zero-order valence-electron chi connectivity index (χ0n) is 15.9. The quantitative estimate of drug-likeness (QED) is 0.585. The SMILES string of the molecule is Cl.O=S(=O)(C=Cc1ncccc1F)c1cccc(OCCCN2CCOCC2)c1. The lowest BCUT2D eigenvalue weighted by atomic mass is 10.3. The number of morpholine rings is 1. The molecular weight excluding hydrogens is 419 g/mol. The van der Waals surface area contributed by atoms with Gasteiger partial charge in [-0.1, -0.05) is 6.07 Å². The molecule has 1 aliphatic rings. The molecule has 158 valence electrons. The van der Waals surface area contributed by atoms with Gasteiger partial charge >= 0.3 is 0 Å². The van der Waals surface area contributed by atoms with Gasteiger partial charge in [-0.25, -0.2) is 12.8 Å². The summed E-state index contributed by atoms with van der Waals surface area (Å²) in [6.45, 7) is 4.79. The normalized spacial score (nSPS) is 15.2. The van der Waals surface area contributed by atoms with Crippen LogP contribution < -0.4 is 4.74 Å². The summed E-state index contributed by atoms with van der Waals surface area (Å²) in [5.74, 6) is -0.0910. The smallest absolute Gasteiger partial charge is 0.200 e. The van der Waals surface area contributed by atoms with E-state index in [1.807, 2.05) is 0 Å². The van der Waals surface area contributed by atoms with Crippen LogP contribution in [0.5, 0.6) is 5.75 Å². The molecule has 6 nitrogen and oxygen atoms in total. The monoisotopic (exact) mass is 442 g/mol. The minimum Gasteiger partial charge on any atom is -0.494 e. The van der Waals surface area contributed by atoms with Gasteiger partial charge in [-0.15, -0.1) is 12.4 Å². The van der Waals surface area contributed by atoms with Crippen LogP contribution in [0.3, 0.4) is 0 Å². The van der Waals surface area contributed by atoms with Crippen molar-refractivity contribution in [3.8, 4) is 5.75 Å². The first-order valence-electron chi connectivity index (χ1n) is 9.11. The molecule has 2 aromatic rings. The predicted molar refractivity (Wildman–Crippen MR) is 111 cm³/mol. The summed E-state index contributed by atoms with van der Waals surface area (Å²) in [6, 6.07) is 8.97. The summed E-state index contributed by atoms with van der Waals surface area (Å²) in [5.41, 5.74) is -0.0263. The molecule has 0 N–H and O–H groups in total. The molecule has 0 aliphatic carbocycles. The van der Waals surface area contributed by atoms with Crippen LogP contribution in [-0.2, 0) is 14.6 Å². The molecule has 1 aliphatic heterocycles. The van der Waals surface area contributed by atoms with E-state index in [0.717, 1.165) is 50.8 Å². The zero-order valence-corrected chi connectivity index (χ0v) is 17.5. The molecule has 0 atom stereocenters. The number of aromatic nitrogens is 1. The number of sulfone groups is 1. The Balaban J connectivity index is 0.00000300. The van der Waals surface area contributed by atoms with E-state index in [2.05, 4.69) is 9.88 Å². The van der Waals surface area contributed by atoms with Gasteiger partial charge in [0.15, 0.2) is 9.84 Å². The van der Waals surface area contributed by atoms with E-state index >= 15 is 0 Å². The van der Waals surface area contributed by atoms with Crippen molar-refractivity contribution in [2.75, 3.05) is 39.5 Å². The maximum atomic E-state index is 13.6. The second kappa shape index (κ2) is 11.3. The maximum Gasteiger partial charge on any atom is 0.200 e. The van der Waals surface area contributed by atoms with E-state index in [-0.39, 0.29) is 23.0 Å². The lowest BCUT2D eigenvalue weighted by Crippen LogP contribution is -2.37. The van der Waals surface area contributed by atoms with Gasteiger partial charge in [0.25, 0.3) is 0 Å². The molecule has 3 rings (SSSR count). The molecule has 0 spiro atoms. The second-order valence-corrected chi connectivity index (χ2v) is 8.18. The zero-order chi connectivity index (χ0) is 19.8. The lowest BCUT2D eigenvalue weighted by Gasteiger charge is -2.26. The van der Waals surface area contributed by atoms with Gasteiger partial charge in [-0.05, 0) is 42.8 Å². The fourth-order valence-electron chi connectivity index (χ4n) is 2.80. The van der Waals surface area contributed by atoms with Crippen LogP contribution in [0.4, 0.5) is 4.39 Å². The third kappa shape index (κ3) is 7.08. The fourth-order valence-corrected chi connectivity index (χ4v) is 3.81. The van der Waals surface area contributed by atoms with Crippen LogP contribution in [0.15, 0.2) is 52.9 Å². The van der Waals surface area contributed by atoms with Crippen molar-refractivity contribution in [2.24, 2.45) is 0 Å². The molecule has 1 aromatic heterocycles. The Labute approximate surface area is 176 Å². The molecule has 1 saturated heterocycles. The summed E-state index contributed by atoms with van der Waals surface area (Å²) >= 11 is 0. The van der Waals surface area contributed by atoms with E-state index in [9.17, 15) is 12.8 Å². The third-order valence-electron chi connectivity index (χ3n) is 4.32. The number of hydrogen-bond acceptors (Lipinski definition) is 6. The summed E-state index contributed by atoms with van der Waals surface area (Å²) in [4.78, 5) is 6.22. The number of hydrogen-bond donors (Lipinski definition) is 0. The first-order chi connectivity index (χ1) is 13.5. The van der Waals surface area contributed by atoms with E-state index in [1.54, 1.807) is 12.1 Å². The molecule has 0 amide bonds. The van der Waals surface area contributed by atoms with Crippen molar-refractivity contribution in [1.82, 2.24) is 9.88 Å². The van der Waals surface area contributed by atoms with Gasteiger partial charge in [0.1, 0.15) is 11.6 Å². The van der Waals surface area contributed by atoms with E-state index in [4.69, 9.17) is 9.47 Å². The maximum absolute atomic E-state index is 13.6. The Morgan fingerprint density at radius 2 is 2.00 bits per heavy atom. The molecular formula is C20H24ClFN2O4S. The summed E-state index contributed by atoms with van der Waals surface area (Å²) in [6.07, 6.45) is 3.40. The molecule has 1 fully saturated rings. The van der Waals surface area contributed by atoms with Crippen LogP contribution in [0.2, 0.25) is 0 Å². The van der Waals surface area contributed by atoms with Gasteiger partial charge in [-0.2, -0.15) is 0 Å². The topological polar surface area (TPSA) is 68.7 Å². The van der Waals surface area contributed by atoms with Crippen molar-refractivity contribution in [2.45, 2.75) is 11.3 Å². The highest BCUT2D eigenvalue weighted by Gasteiger charge is 2.13. The minimum absolute atomic E-state index is 0. The largest absolute Gasteiger partial charge is 0.494 e. The Morgan fingerprint density at radius 3 is 2.76 bits per heavy atom. The molecule has 9 heteroatoms. The summed E-state index contributed by atoms with van der Waals surface area (Å²) in [5, 5.41) is 0.954. The Morgan fingerprint density at radius 1 is 1.21 bits per heavy atom. The van der Waals surface area contributed by atoms with Gasteiger partial charge < -0.3 is 9.47 Å². The van der Waals surface area contributed by atoms with Crippen molar-refractivity contribution < 1.29 is 22.3 Å². The van der Waals surface area contributed by atoms with Crippen molar-refractivity contribution in [3.63, 3.8) is 0 Å². The standard InChI is InChI=1S/C20H23FN2O4S.ClH/c21-19-6-2-8-22-20(19)7-15-28(24,25)18-5-1-4-17(16-18)27-12-3-9-23-10-13-26-14-11-23;/h1-2,4-8,15-16H,3,9-14H2;1H. The highest BCUT2D eigenvalue weighted by molar-refractivity contribution is 7.94. The third-order valence-corrected chi connectivity index (χ3v) is 5.72. The number of halogens is 2. The molecule has 0 radical (unpaired) electrons. The van der Waals surface area contributed by atoms with Crippen molar-refractivity contribution in [1.29, 1.82) is 0 Å². The van der Waals surface area contributed by atoms with Gasteiger partial charge in [0.05, 0.1) is 30.4 Å². The van der Waals surface area contributed by atoms with E-state index in [0.29, 0.717) is 12.4 Å². The summed E-state index contributed by atoms with van der Waals surface area (Å²) in [7, 11) is -3.73. The second-order valence-electron chi connectivity index (χ2n) is 6.35. The predicted octanol–water partition coefficient (Wildman–Crippen LogP) is 3.19. The van der Waals surface area contributed by atoms with Crippen LogP contribution in [-0.4, -0.2) is 57.8 Å². The Bertz CT molecular complexity index is 918. The van der Waals surface area contributed by atoms with E-state index in [1.165, 1.54) is 30.5 Å². The molecule has 0 saturated carbocycles. The minimum atomic E-state index is -3.73. The molecule has 0 bridgehead atoms. The number of pyridine rings is 1. The van der Waals surface area contributed by atoms with Gasteiger partial charge in [0, 0.05) is 31.2 Å². The lowest BCUT2D eigenvalue weighted by molar-refractivity contribution is 0.0358. The molecule has 29 heavy (non-hydrogen) atoms. The fraction of sp³-hybridized carbons (Fsp3) is 0.350. The average molecular weight is 443 g/mol. The van der Waals surface area contributed by atoms with Crippen LogP contribution in [0.1, 0.15) is 12.1 Å². The van der Waals surface area contributed by atoms with Crippen molar-refractivity contribution >= 4 is 28.3 Å². The number of rotatable bonds is 8. The van der Waals surface area contributed by atoms with E-state index < -0.39 is 15.7 Å². The first kappa shape index (κ1) is 23.3. The Hall–Kier alpha value is -2.00. The number of nitrogens with zero attached hydrogens (tertiary/aromatic N) is 2. The van der Waals surface area contributed by atoms with Crippen molar-refractivity contribution in [3.05, 3.63) is 59.5 Å². The number of ether oxygens (including phenoxy) is 2. The van der Waals surface area contributed by atoms with Gasteiger partial charge in [-0.3, -0.25) is 9.88 Å². The van der Waals surface area contributed by atoms with Crippen LogP contribution in [0, 0.1) is 5.82 Å². The van der Waals surface area contributed by atoms with Crippen LogP contribution in [0.25, 0.3) is 6.08 Å². The Kier molecular flexibility index (Phi) is 9.03. The molecule has 0 unspecified atom stereocenters. The summed E-state index contributed by atoms with van der Waals surface area (Å²) < 4.78 is 49.6. The molecule has 2 heterocycles. The average Bonchev–Trinajstić information content (AvgIpc) is 2.72. The highest BCUT2D eigenvalue weighted by atomic mass is 35.5. The highest BCUT2D eigenvalue weighted by Crippen LogP contribution is 2.20. The molecule has 1 aromatic carbocycles. The number of benzene rings is 1. The first-order valence-corrected chi connectivity index (χ1v) is 10.7. The van der Waals surface area contributed by atoms with Crippen LogP contribution >= 0.6 is 12.4 Å². The van der Waals surface area contributed by atoms with Gasteiger partial charge in [0.2, 0.25) is 0 Å².